The molecule has 32 heavy (non-hydrogen) atoms. The number of hydrogen-bond donors (Lipinski definition) is 1. The number of methoxy groups -OCH3 is 3. The molecule has 0 spiro atoms. The van der Waals surface area contributed by atoms with Gasteiger partial charge in [0.15, 0.2) is 0 Å². The van der Waals surface area contributed by atoms with Crippen LogP contribution >= 0.6 is 0 Å². The molecule has 9 heteroatoms. The molecule has 9 nitrogen and oxygen atoms in total. The molecule has 166 valence electrons. The highest BCUT2D eigenvalue weighted by Gasteiger charge is 2.15. The lowest BCUT2D eigenvalue weighted by molar-refractivity contribution is 0.0949. The van der Waals surface area contributed by atoms with Crippen molar-refractivity contribution < 1.29 is 23.7 Å². The minimum Gasteiger partial charge on any atom is -0.497 e. The van der Waals surface area contributed by atoms with Crippen molar-refractivity contribution >= 4 is 12.1 Å². The van der Waals surface area contributed by atoms with Crippen LogP contribution in [0.15, 0.2) is 53.8 Å². The fraction of sp³-hybridized carbons (Fsp3) is 0.217. The Kier molecular flexibility index (Phi) is 7.58. The smallest absolute Gasteiger partial charge is 0.291 e. The van der Waals surface area contributed by atoms with Gasteiger partial charge in [-0.15, -0.1) is 0 Å². The number of hydrogen-bond acceptors (Lipinski definition) is 8. The maximum absolute atomic E-state index is 12.6. The minimum absolute atomic E-state index is 0.0926. The summed E-state index contributed by atoms with van der Waals surface area (Å²) < 4.78 is 21.2. The average Bonchev–Trinajstić information content (AvgIpc) is 2.84. The molecule has 0 bridgehead atoms. The third-order valence-electron chi connectivity index (χ3n) is 4.36. The lowest BCUT2D eigenvalue weighted by Crippen LogP contribution is -2.19. The van der Waals surface area contributed by atoms with E-state index < -0.39 is 5.91 Å². The predicted molar refractivity (Wildman–Crippen MR) is 120 cm³/mol. The quantitative estimate of drug-likeness (QED) is 0.405. The van der Waals surface area contributed by atoms with Crippen molar-refractivity contribution in [2.24, 2.45) is 5.10 Å². The van der Waals surface area contributed by atoms with E-state index in [0.717, 1.165) is 11.3 Å². The monoisotopic (exact) mass is 436 g/mol. The first kappa shape index (κ1) is 22.5. The summed E-state index contributed by atoms with van der Waals surface area (Å²) in [5.41, 5.74) is 4.41. The summed E-state index contributed by atoms with van der Waals surface area (Å²) in [5.74, 6) is 1.74. The van der Waals surface area contributed by atoms with Crippen LogP contribution in [0, 0.1) is 0 Å². The molecule has 0 aliphatic rings. The van der Waals surface area contributed by atoms with Gasteiger partial charge in [-0.05, 0) is 43.3 Å². The number of nitrogens with zero attached hydrogens (tertiary/aromatic N) is 3. The number of rotatable bonds is 9. The fourth-order valence-electron chi connectivity index (χ4n) is 2.83. The van der Waals surface area contributed by atoms with Gasteiger partial charge in [0.2, 0.25) is 5.88 Å². The first-order valence-corrected chi connectivity index (χ1v) is 9.78. The third-order valence-corrected chi connectivity index (χ3v) is 4.36. The number of benzene rings is 2. The van der Waals surface area contributed by atoms with Crippen molar-refractivity contribution in [1.82, 2.24) is 15.4 Å². The molecular formula is C23H24N4O5. The molecule has 0 atom stereocenters. The number of hydrazone groups is 1. The van der Waals surface area contributed by atoms with Gasteiger partial charge in [0.05, 0.1) is 40.3 Å². The third kappa shape index (κ3) is 5.51. The summed E-state index contributed by atoms with van der Waals surface area (Å²) in [4.78, 5) is 21.2. The maximum atomic E-state index is 12.6. The van der Waals surface area contributed by atoms with Crippen LogP contribution in [0.25, 0.3) is 11.3 Å². The second kappa shape index (κ2) is 10.8. The Hall–Kier alpha value is -4.14. The van der Waals surface area contributed by atoms with Crippen LogP contribution in [0.3, 0.4) is 0 Å². The average molecular weight is 436 g/mol. The van der Waals surface area contributed by atoms with Crippen LogP contribution in [0.4, 0.5) is 0 Å². The molecule has 3 aromatic rings. The van der Waals surface area contributed by atoms with Gasteiger partial charge in [0, 0.05) is 17.2 Å². The molecule has 0 saturated heterocycles. The molecule has 0 fully saturated rings. The molecule has 0 aliphatic carbocycles. The molecule has 0 saturated carbocycles. The minimum atomic E-state index is -0.515. The van der Waals surface area contributed by atoms with Crippen LogP contribution in [-0.4, -0.2) is 50.0 Å². The zero-order chi connectivity index (χ0) is 22.9. The van der Waals surface area contributed by atoms with Crippen LogP contribution in [0.5, 0.6) is 23.1 Å². The van der Waals surface area contributed by atoms with Crippen molar-refractivity contribution in [3.63, 3.8) is 0 Å². The molecule has 2 aromatic carbocycles. The van der Waals surface area contributed by atoms with Crippen LogP contribution in [-0.2, 0) is 0 Å². The predicted octanol–water partition coefficient (Wildman–Crippen LogP) is 3.33. The number of amides is 1. The first-order chi connectivity index (χ1) is 15.6. The normalized spacial score (nSPS) is 10.6. The van der Waals surface area contributed by atoms with Crippen molar-refractivity contribution in [3.05, 3.63) is 59.9 Å². The van der Waals surface area contributed by atoms with E-state index in [0.29, 0.717) is 35.2 Å². The summed E-state index contributed by atoms with van der Waals surface area (Å²) in [6.07, 6.45) is 2.81. The second-order valence-corrected chi connectivity index (χ2v) is 6.42. The highest BCUT2D eigenvalue weighted by Crippen LogP contribution is 2.27. The van der Waals surface area contributed by atoms with E-state index >= 15 is 0 Å². The zero-order valence-electron chi connectivity index (χ0n) is 18.3. The summed E-state index contributed by atoms with van der Waals surface area (Å²) in [7, 11) is 4.61. The van der Waals surface area contributed by atoms with Crippen molar-refractivity contribution in [3.8, 4) is 34.4 Å². The largest absolute Gasteiger partial charge is 0.497 e. The Morgan fingerprint density at radius 1 is 1.00 bits per heavy atom. The Morgan fingerprint density at radius 2 is 1.69 bits per heavy atom. The van der Waals surface area contributed by atoms with Gasteiger partial charge >= 0.3 is 0 Å². The highest BCUT2D eigenvalue weighted by molar-refractivity contribution is 5.93. The van der Waals surface area contributed by atoms with Gasteiger partial charge in [-0.1, -0.05) is 0 Å². The number of aromatic nitrogens is 2. The van der Waals surface area contributed by atoms with Crippen molar-refractivity contribution in [1.29, 1.82) is 0 Å². The Balaban J connectivity index is 1.78. The van der Waals surface area contributed by atoms with Crippen LogP contribution < -0.4 is 24.4 Å². The lowest BCUT2D eigenvalue weighted by atomic mass is 10.1. The Labute approximate surface area is 186 Å². The van der Waals surface area contributed by atoms with Gasteiger partial charge in [0.1, 0.15) is 28.6 Å². The Morgan fingerprint density at radius 3 is 2.28 bits per heavy atom. The van der Waals surface area contributed by atoms with Gasteiger partial charge in [0.25, 0.3) is 5.91 Å². The SMILES string of the molecule is CCOc1ccc(-c2nc(C(=O)N/N=C/c3cc(OC)cc(OC)c3)cnc2OC)cc1. The van der Waals surface area contributed by atoms with Crippen LogP contribution in [0.2, 0.25) is 0 Å². The van der Waals surface area contributed by atoms with Gasteiger partial charge in [-0.3, -0.25) is 4.79 Å². The van der Waals surface area contributed by atoms with Gasteiger partial charge < -0.3 is 18.9 Å². The summed E-state index contributed by atoms with van der Waals surface area (Å²) in [6, 6.07) is 12.6. The molecule has 1 aromatic heterocycles. The summed E-state index contributed by atoms with van der Waals surface area (Å²) >= 11 is 0. The molecule has 0 aliphatic heterocycles. The highest BCUT2D eigenvalue weighted by atomic mass is 16.5. The van der Waals surface area contributed by atoms with Gasteiger partial charge in [-0.25, -0.2) is 15.4 Å². The number of ether oxygens (including phenoxy) is 4. The molecular weight excluding hydrogens is 412 g/mol. The van der Waals surface area contributed by atoms with E-state index in [2.05, 4.69) is 20.5 Å². The first-order valence-electron chi connectivity index (χ1n) is 9.78. The lowest BCUT2D eigenvalue weighted by Gasteiger charge is -2.09. The van der Waals surface area contributed by atoms with E-state index in [-0.39, 0.29) is 5.69 Å². The standard InChI is InChI=1S/C23H24N4O5/c1-5-32-17-8-6-16(7-9-17)21-23(31-4)24-14-20(26-21)22(28)27-25-13-15-10-18(29-2)12-19(11-15)30-3/h6-14H,5H2,1-4H3,(H,27,28)/b25-13+. The molecule has 1 N–H and O–H groups in total. The second-order valence-electron chi connectivity index (χ2n) is 6.42. The number of nitrogens with one attached hydrogen (secondary N) is 1. The molecule has 3 rings (SSSR count). The fourth-order valence-corrected chi connectivity index (χ4v) is 2.83. The molecule has 1 amide bonds. The van der Waals surface area contributed by atoms with Gasteiger partial charge in [-0.2, -0.15) is 5.10 Å². The topological polar surface area (TPSA) is 104 Å². The number of carbonyl (C=O) groups is 1. The van der Waals surface area contributed by atoms with E-state index in [1.165, 1.54) is 19.5 Å². The van der Waals surface area contributed by atoms with Crippen molar-refractivity contribution in [2.75, 3.05) is 27.9 Å². The zero-order valence-corrected chi connectivity index (χ0v) is 18.3. The van der Waals surface area contributed by atoms with E-state index in [4.69, 9.17) is 18.9 Å². The maximum Gasteiger partial charge on any atom is 0.291 e. The summed E-state index contributed by atoms with van der Waals surface area (Å²) in [5, 5.41) is 3.99. The summed E-state index contributed by atoms with van der Waals surface area (Å²) in [6.45, 7) is 2.49. The van der Waals surface area contributed by atoms with E-state index in [9.17, 15) is 4.79 Å². The van der Waals surface area contributed by atoms with Crippen LogP contribution in [0.1, 0.15) is 23.0 Å². The molecule has 0 radical (unpaired) electrons. The van der Waals surface area contributed by atoms with Crippen molar-refractivity contribution in [2.45, 2.75) is 6.92 Å². The van der Waals surface area contributed by atoms with E-state index in [1.807, 2.05) is 31.2 Å². The molecule has 1 heterocycles. The molecule has 0 unspecified atom stereocenters. The van der Waals surface area contributed by atoms with E-state index in [1.54, 1.807) is 32.4 Å². The Bertz CT molecular complexity index is 1080. The number of carbonyl (C=O) groups excluding carboxylic acids is 1.